The molecule has 4 aliphatic rings. The molecule has 45 heavy (non-hydrogen) atoms. The van der Waals surface area contributed by atoms with Crippen LogP contribution >= 0.6 is 0 Å². The van der Waals surface area contributed by atoms with Gasteiger partial charge in [0, 0.05) is 0 Å². The molecule has 4 rings (SSSR count). The van der Waals surface area contributed by atoms with Crippen LogP contribution < -0.4 is 0 Å². The van der Waals surface area contributed by atoms with Crippen molar-refractivity contribution in [2.45, 2.75) is 123 Å². The molecule has 0 aromatic heterocycles. The number of hydrogen-bond donors (Lipinski definition) is 14. The van der Waals surface area contributed by atoms with Crippen molar-refractivity contribution in [1.82, 2.24) is 0 Å². The zero-order valence-electron chi connectivity index (χ0n) is 23.5. The highest BCUT2D eigenvalue weighted by molar-refractivity contribution is 4.96. The third kappa shape index (κ3) is 7.59. The Balaban J connectivity index is 1.47. The molecule has 0 bridgehead atoms. The minimum Gasteiger partial charge on any atom is -0.394 e. The van der Waals surface area contributed by atoms with Gasteiger partial charge in [-0.3, -0.25) is 0 Å². The molecule has 4 heterocycles. The summed E-state index contributed by atoms with van der Waals surface area (Å²) >= 11 is 0. The first-order chi connectivity index (χ1) is 21.2. The van der Waals surface area contributed by atoms with E-state index in [4.69, 9.17) is 33.2 Å². The third-order valence-corrected chi connectivity index (χ3v) is 8.19. The van der Waals surface area contributed by atoms with E-state index in [0.717, 1.165) is 0 Å². The average molecular weight is 667 g/mol. The SMILES string of the molecule is OC[C@H]1O[C@H](O[C@@H]2[C@@H](OC[C@H]3O[C@H](O[C@H]4[C@@H](O)[C@H](O)[C@@H](CO)O[C@@H]4O)[C@@H](O)[C@@H](O)[C@@H]3O)O[C@H](CO)[C@@H](O)[C@@H]2O)[C@@H](O)[C@@H](O)[C@@H]1O. The van der Waals surface area contributed by atoms with Crippen molar-refractivity contribution in [2.75, 3.05) is 26.4 Å². The van der Waals surface area contributed by atoms with E-state index in [-0.39, 0.29) is 0 Å². The second-order valence-electron chi connectivity index (χ2n) is 11.2. The topological polar surface area (TPSA) is 348 Å². The lowest BCUT2D eigenvalue weighted by atomic mass is 9.97. The van der Waals surface area contributed by atoms with Crippen molar-refractivity contribution in [2.24, 2.45) is 0 Å². The molecule has 0 amide bonds. The summed E-state index contributed by atoms with van der Waals surface area (Å²) in [6.45, 7) is -3.15. The summed E-state index contributed by atoms with van der Waals surface area (Å²) in [7, 11) is 0. The molecule has 264 valence electrons. The molecule has 14 N–H and O–H groups in total. The highest BCUT2D eigenvalue weighted by Gasteiger charge is 2.53. The Labute approximate surface area is 254 Å². The summed E-state index contributed by atoms with van der Waals surface area (Å²) in [6, 6.07) is 0. The van der Waals surface area contributed by atoms with E-state index in [1.54, 1.807) is 0 Å². The fraction of sp³-hybridized carbons (Fsp3) is 1.00. The van der Waals surface area contributed by atoms with E-state index in [1.807, 2.05) is 0 Å². The second kappa shape index (κ2) is 15.6. The monoisotopic (exact) mass is 666 g/mol. The lowest BCUT2D eigenvalue weighted by Crippen LogP contribution is -2.65. The van der Waals surface area contributed by atoms with Crippen molar-refractivity contribution < 1.29 is 105 Å². The lowest BCUT2D eigenvalue weighted by molar-refractivity contribution is -0.379. The lowest BCUT2D eigenvalue weighted by Gasteiger charge is -2.47. The highest BCUT2D eigenvalue weighted by atomic mass is 16.8. The van der Waals surface area contributed by atoms with Gasteiger partial charge < -0.3 is 105 Å². The Morgan fingerprint density at radius 2 is 0.756 bits per heavy atom. The van der Waals surface area contributed by atoms with E-state index in [0.29, 0.717) is 0 Å². The number of aliphatic hydroxyl groups is 14. The van der Waals surface area contributed by atoms with E-state index < -0.39 is 149 Å². The molecule has 0 aliphatic carbocycles. The number of aliphatic hydroxyl groups excluding tert-OH is 14. The van der Waals surface area contributed by atoms with Gasteiger partial charge in [-0.1, -0.05) is 0 Å². The maximum absolute atomic E-state index is 10.8. The smallest absolute Gasteiger partial charge is 0.187 e. The molecule has 20 atom stereocenters. The summed E-state index contributed by atoms with van der Waals surface area (Å²) in [5, 5.41) is 142. The van der Waals surface area contributed by atoms with Crippen molar-refractivity contribution in [1.29, 1.82) is 0 Å². The summed E-state index contributed by atoms with van der Waals surface area (Å²) in [6.07, 6.45) is -35.4. The second-order valence-corrected chi connectivity index (χ2v) is 11.2. The van der Waals surface area contributed by atoms with Crippen LogP contribution in [0.2, 0.25) is 0 Å². The minimum absolute atomic E-state index is 0.757. The molecule has 21 nitrogen and oxygen atoms in total. The van der Waals surface area contributed by atoms with Crippen molar-refractivity contribution >= 4 is 0 Å². The van der Waals surface area contributed by atoms with Gasteiger partial charge in [0.1, 0.15) is 97.7 Å². The summed E-state index contributed by atoms with van der Waals surface area (Å²) in [5.74, 6) is 0. The zero-order valence-corrected chi connectivity index (χ0v) is 23.5. The molecule has 0 radical (unpaired) electrons. The Morgan fingerprint density at radius 1 is 0.378 bits per heavy atom. The molecule has 4 fully saturated rings. The van der Waals surface area contributed by atoms with Crippen LogP contribution in [0.4, 0.5) is 0 Å². The van der Waals surface area contributed by atoms with Crippen LogP contribution in [0.15, 0.2) is 0 Å². The van der Waals surface area contributed by atoms with Crippen LogP contribution in [-0.2, 0) is 33.2 Å². The molecule has 4 aliphatic heterocycles. The molecule has 0 aromatic carbocycles. The Kier molecular flexibility index (Phi) is 12.8. The molecular formula is C24H42O21. The predicted octanol–water partition coefficient (Wildman–Crippen LogP) is -9.75. The predicted molar refractivity (Wildman–Crippen MR) is 134 cm³/mol. The van der Waals surface area contributed by atoms with Crippen molar-refractivity contribution in [3.63, 3.8) is 0 Å². The molecule has 4 saturated heterocycles. The quantitative estimate of drug-likeness (QED) is 0.103. The van der Waals surface area contributed by atoms with Crippen LogP contribution in [-0.4, -0.2) is 221 Å². The van der Waals surface area contributed by atoms with Gasteiger partial charge in [-0.15, -0.1) is 0 Å². The Bertz CT molecular complexity index is 916. The van der Waals surface area contributed by atoms with E-state index in [2.05, 4.69) is 0 Å². The van der Waals surface area contributed by atoms with E-state index >= 15 is 0 Å². The van der Waals surface area contributed by atoms with Gasteiger partial charge in [0.2, 0.25) is 0 Å². The standard InChI is InChI=1S/C24H42O21/c25-1-5-10(29)15(34)19(21(38)40-5)44-23-18(37)14(33)12(31)8(43-23)4-39-24-20(16(35)11(30)7(3-27)42-24)45-22-17(36)13(32)9(28)6(2-26)41-22/h5-38H,1-4H2/t5-,6-,7-,8-,9-,10-,11-,12-,13+,14+,15+,16+,17+,18+,19+,20+,21+,22-,23-,24+/m1/s1. The van der Waals surface area contributed by atoms with Gasteiger partial charge in [-0.25, -0.2) is 0 Å². The first-order valence-corrected chi connectivity index (χ1v) is 14.1. The number of rotatable bonds is 10. The fourth-order valence-corrected chi connectivity index (χ4v) is 5.40. The van der Waals surface area contributed by atoms with Gasteiger partial charge >= 0.3 is 0 Å². The van der Waals surface area contributed by atoms with Crippen LogP contribution in [0.1, 0.15) is 0 Å². The van der Waals surface area contributed by atoms with Crippen LogP contribution in [0.3, 0.4) is 0 Å². The molecule has 0 saturated carbocycles. The molecular weight excluding hydrogens is 624 g/mol. The number of ether oxygens (including phenoxy) is 7. The molecule has 21 heteroatoms. The van der Waals surface area contributed by atoms with Crippen LogP contribution in [0.25, 0.3) is 0 Å². The molecule has 0 aromatic rings. The highest BCUT2D eigenvalue weighted by Crippen LogP contribution is 2.32. The third-order valence-electron chi connectivity index (χ3n) is 8.19. The average Bonchev–Trinajstić information content (AvgIpc) is 3.03. The largest absolute Gasteiger partial charge is 0.394 e. The summed E-state index contributed by atoms with van der Waals surface area (Å²) in [5.41, 5.74) is 0. The fourth-order valence-electron chi connectivity index (χ4n) is 5.40. The number of hydrogen-bond acceptors (Lipinski definition) is 21. The summed E-state index contributed by atoms with van der Waals surface area (Å²) in [4.78, 5) is 0. The van der Waals surface area contributed by atoms with Gasteiger partial charge in [0.05, 0.1) is 26.4 Å². The maximum Gasteiger partial charge on any atom is 0.187 e. The van der Waals surface area contributed by atoms with Gasteiger partial charge in [-0.2, -0.15) is 0 Å². The van der Waals surface area contributed by atoms with Gasteiger partial charge in [0.15, 0.2) is 25.2 Å². The first kappa shape index (κ1) is 37.0. The maximum atomic E-state index is 10.8. The van der Waals surface area contributed by atoms with Crippen molar-refractivity contribution in [3.8, 4) is 0 Å². The van der Waals surface area contributed by atoms with E-state index in [9.17, 15) is 71.5 Å². The normalized spacial score (nSPS) is 52.9. The van der Waals surface area contributed by atoms with Gasteiger partial charge in [-0.05, 0) is 0 Å². The zero-order chi connectivity index (χ0) is 33.3. The molecule has 0 spiro atoms. The van der Waals surface area contributed by atoms with Crippen molar-refractivity contribution in [3.05, 3.63) is 0 Å². The first-order valence-electron chi connectivity index (χ1n) is 14.1. The van der Waals surface area contributed by atoms with Crippen LogP contribution in [0, 0.1) is 0 Å². The van der Waals surface area contributed by atoms with Gasteiger partial charge in [0.25, 0.3) is 0 Å². The Morgan fingerprint density at radius 3 is 1.27 bits per heavy atom. The minimum atomic E-state index is -1.98. The molecule has 0 unspecified atom stereocenters. The van der Waals surface area contributed by atoms with Crippen LogP contribution in [0.5, 0.6) is 0 Å². The Hall–Kier alpha value is -0.840. The van der Waals surface area contributed by atoms with E-state index in [1.165, 1.54) is 0 Å². The summed E-state index contributed by atoms with van der Waals surface area (Å²) < 4.78 is 37.7.